The Morgan fingerprint density at radius 1 is 1.44 bits per heavy atom. The third-order valence-electron chi connectivity index (χ3n) is 2.90. The van der Waals surface area contributed by atoms with Gasteiger partial charge < -0.3 is 19.7 Å². The maximum Gasteiger partial charge on any atom is 0.318 e. The van der Waals surface area contributed by atoms with E-state index in [9.17, 15) is 5.11 Å². The molecule has 1 saturated heterocycles. The summed E-state index contributed by atoms with van der Waals surface area (Å²) in [5, 5.41) is 20.7. The summed E-state index contributed by atoms with van der Waals surface area (Å²) in [5.74, 6) is 0.592. The van der Waals surface area contributed by atoms with E-state index in [-0.39, 0.29) is 0 Å². The van der Waals surface area contributed by atoms with Crippen LogP contribution in [0.5, 0.6) is 0 Å². The maximum atomic E-state index is 9.83. The molecule has 0 atom stereocenters. The lowest BCUT2D eigenvalue weighted by Crippen LogP contribution is -2.42. The Bertz CT molecular complexity index is 340. The van der Waals surface area contributed by atoms with Gasteiger partial charge in [0.15, 0.2) is 0 Å². The molecule has 1 aromatic heterocycles. The van der Waals surface area contributed by atoms with E-state index in [4.69, 9.17) is 4.42 Å². The lowest BCUT2D eigenvalue weighted by molar-refractivity contribution is 0.0343. The summed E-state index contributed by atoms with van der Waals surface area (Å²) in [6, 6.07) is 0.556. The SMILES string of the molecule is CNCc1nnc(N2CCC(C)(O)CC2)o1. The summed E-state index contributed by atoms with van der Waals surface area (Å²) in [6.07, 6.45) is 1.47. The van der Waals surface area contributed by atoms with Crippen LogP contribution >= 0.6 is 0 Å². The number of aliphatic hydroxyl groups is 1. The summed E-state index contributed by atoms with van der Waals surface area (Å²) in [4.78, 5) is 2.02. The first-order valence-electron chi connectivity index (χ1n) is 5.55. The molecule has 2 rings (SSSR count). The molecule has 1 aromatic rings. The molecule has 0 aliphatic carbocycles. The van der Waals surface area contributed by atoms with E-state index >= 15 is 0 Å². The van der Waals surface area contributed by atoms with E-state index in [1.54, 1.807) is 0 Å². The van der Waals surface area contributed by atoms with Crippen molar-refractivity contribution in [2.45, 2.75) is 31.9 Å². The Morgan fingerprint density at radius 3 is 2.75 bits per heavy atom. The van der Waals surface area contributed by atoms with Crippen LogP contribution in [0, 0.1) is 0 Å². The summed E-state index contributed by atoms with van der Waals surface area (Å²) in [5.41, 5.74) is -0.551. The standard InChI is InChI=1S/C10H18N4O2/c1-10(15)3-5-14(6-4-10)9-13-12-8(16-9)7-11-2/h11,15H,3-7H2,1-2H3. The first kappa shape index (κ1) is 11.3. The van der Waals surface area contributed by atoms with E-state index in [2.05, 4.69) is 15.5 Å². The predicted octanol–water partition coefficient (Wildman–Crippen LogP) is 0.140. The molecule has 2 N–H and O–H groups in total. The van der Waals surface area contributed by atoms with Crippen molar-refractivity contribution in [3.05, 3.63) is 5.89 Å². The lowest BCUT2D eigenvalue weighted by atomic mass is 9.94. The maximum absolute atomic E-state index is 9.83. The second-order valence-electron chi connectivity index (χ2n) is 4.49. The highest BCUT2D eigenvalue weighted by Gasteiger charge is 2.29. The second kappa shape index (κ2) is 4.39. The van der Waals surface area contributed by atoms with Gasteiger partial charge in [-0.1, -0.05) is 5.10 Å². The fraction of sp³-hybridized carbons (Fsp3) is 0.800. The molecule has 1 fully saturated rings. The molecule has 6 heteroatoms. The predicted molar refractivity (Wildman–Crippen MR) is 59.1 cm³/mol. The van der Waals surface area contributed by atoms with E-state index in [0.29, 0.717) is 18.5 Å². The van der Waals surface area contributed by atoms with Crippen LogP contribution in [0.2, 0.25) is 0 Å². The fourth-order valence-corrected chi connectivity index (χ4v) is 1.77. The first-order valence-corrected chi connectivity index (χ1v) is 5.55. The second-order valence-corrected chi connectivity index (χ2v) is 4.49. The van der Waals surface area contributed by atoms with E-state index in [1.807, 2.05) is 18.9 Å². The molecule has 90 valence electrons. The van der Waals surface area contributed by atoms with Gasteiger partial charge in [0.1, 0.15) is 0 Å². The third-order valence-corrected chi connectivity index (χ3v) is 2.90. The molecule has 0 radical (unpaired) electrons. The van der Waals surface area contributed by atoms with Gasteiger partial charge in [0.2, 0.25) is 5.89 Å². The molecule has 6 nitrogen and oxygen atoms in total. The average molecular weight is 226 g/mol. The molecule has 0 bridgehead atoms. The quantitative estimate of drug-likeness (QED) is 0.763. The largest absolute Gasteiger partial charge is 0.407 e. The molecule has 0 saturated carbocycles. The van der Waals surface area contributed by atoms with Crippen molar-refractivity contribution in [3.63, 3.8) is 0 Å². The number of rotatable bonds is 3. The minimum atomic E-state index is -0.551. The van der Waals surface area contributed by atoms with E-state index < -0.39 is 5.60 Å². The smallest absolute Gasteiger partial charge is 0.318 e. The summed E-state index contributed by atoms with van der Waals surface area (Å²) in [6.45, 7) is 3.96. The van der Waals surface area contributed by atoms with Crippen molar-refractivity contribution in [2.75, 3.05) is 25.0 Å². The number of hydrogen-bond acceptors (Lipinski definition) is 6. The highest BCUT2D eigenvalue weighted by Crippen LogP contribution is 2.24. The van der Waals surface area contributed by atoms with Gasteiger partial charge in [0.25, 0.3) is 0 Å². The zero-order valence-electron chi connectivity index (χ0n) is 9.73. The van der Waals surface area contributed by atoms with Crippen LogP contribution in [0.1, 0.15) is 25.7 Å². The number of hydrogen-bond donors (Lipinski definition) is 2. The molecular formula is C10H18N4O2. The van der Waals surface area contributed by atoms with Gasteiger partial charge in [-0.25, -0.2) is 0 Å². The van der Waals surface area contributed by atoms with E-state index in [1.165, 1.54) is 0 Å². The van der Waals surface area contributed by atoms with Crippen molar-refractivity contribution in [1.29, 1.82) is 0 Å². The number of nitrogens with zero attached hydrogens (tertiary/aromatic N) is 3. The Balaban J connectivity index is 1.97. The Hall–Kier alpha value is -1.14. The van der Waals surface area contributed by atoms with Crippen molar-refractivity contribution in [2.24, 2.45) is 0 Å². The number of anilines is 1. The fourth-order valence-electron chi connectivity index (χ4n) is 1.77. The number of aromatic nitrogens is 2. The van der Waals surface area contributed by atoms with Gasteiger partial charge in [-0.3, -0.25) is 0 Å². The van der Waals surface area contributed by atoms with Crippen molar-refractivity contribution < 1.29 is 9.52 Å². The summed E-state index contributed by atoms with van der Waals surface area (Å²) in [7, 11) is 1.84. The molecule has 0 amide bonds. The first-order chi connectivity index (χ1) is 7.61. The zero-order chi connectivity index (χ0) is 11.6. The highest BCUT2D eigenvalue weighted by molar-refractivity contribution is 5.25. The van der Waals surface area contributed by atoms with Gasteiger partial charge in [-0.05, 0) is 26.8 Å². The van der Waals surface area contributed by atoms with Crippen LogP contribution in [0.3, 0.4) is 0 Å². The van der Waals surface area contributed by atoms with Gasteiger partial charge in [0.05, 0.1) is 12.1 Å². The molecule has 0 unspecified atom stereocenters. The van der Waals surface area contributed by atoms with Crippen LogP contribution < -0.4 is 10.2 Å². The van der Waals surface area contributed by atoms with Crippen LogP contribution in [0.25, 0.3) is 0 Å². The van der Waals surface area contributed by atoms with Crippen LogP contribution in [0.4, 0.5) is 6.01 Å². The minimum absolute atomic E-state index is 0.551. The third kappa shape index (κ3) is 2.51. The van der Waals surface area contributed by atoms with Crippen molar-refractivity contribution in [1.82, 2.24) is 15.5 Å². The summed E-state index contributed by atoms with van der Waals surface area (Å²) < 4.78 is 5.49. The topological polar surface area (TPSA) is 74.4 Å². The molecular weight excluding hydrogens is 208 g/mol. The van der Waals surface area contributed by atoms with Gasteiger partial charge >= 0.3 is 6.01 Å². The van der Waals surface area contributed by atoms with Crippen LogP contribution in [0.15, 0.2) is 4.42 Å². The van der Waals surface area contributed by atoms with Gasteiger partial charge in [0, 0.05) is 13.1 Å². The Kier molecular flexibility index (Phi) is 3.11. The minimum Gasteiger partial charge on any atom is -0.407 e. The van der Waals surface area contributed by atoms with Gasteiger partial charge in [-0.15, -0.1) is 5.10 Å². The molecule has 0 spiro atoms. The molecule has 1 aliphatic rings. The molecule has 1 aliphatic heterocycles. The Morgan fingerprint density at radius 2 is 2.12 bits per heavy atom. The van der Waals surface area contributed by atoms with Crippen LogP contribution in [-0.2, 0) is 6.54 Å². The highest BCUT2D eigenvalue weighted by atomic mass is 16.4. The van der Waals surface area contributed by atoms with Gasteiger partial charge in [-0.2, -0.15) is 0 Å². The monoisotopic (exact) mass is 226 g/mol. The average Bonchev–Trinajstić information content (AvgIpc) is 2.67. The lowest BCUT2D eigenvalue weighted by Gasteiger charge is -2.34. The molecule has 2 heterocycles. The summed E-state index contributed by atoms with van der Waals surface area (Å²) >= 11 is 0. The normalized spacial score (nSPS) is 20.1. The number of nitrogens with one attached hydrogen (secondary N) is 1. The van der Waals surface area contributed by atoms with Crippen molar-refractivity contribution >= 4 is 6.01 Å². The Labute approximate surface area is 94.7 Å². The van der Waals surface area contributed by atoms with Crippen LogP contribution in [-0.4, -0.2) is 41.0 Å². The van der Waals surface area contributed by atoms with Crippen molar-refractivity contribution in [3.8, 4) is 0 Å². The zero-order valence-corrected chi connectivity index (χ0v) is 9.73. The molecule has 0 aromatic carbocycles. The number of piperidine rings is 1. The van der Waals surface area contributed by atoms with E-state index in [0.717, 1.165) is 25.9 Å². The molecule has 16 heavy (non-hydrogen) atoms.